The zero-order valence-electron chi connectivity index (χ0n) is 19.1. The molecule has 3 aromatic carbocycles. The Morgan fingerprint density at radius 2 is 1.77 bits per heavy atom. The van der Waals surface area contributed by atoms with Crippen LogP contribution < -0.4 is 5.32 Å². The number of amides is 1. The molecule has 2 aromatic heterocycles. The van der Waals surface area contributed by atoms with Crippen molar-refractivity contribution in [3.05, 3.63) is 114 Å². The van der Waals surface area contributed by atoms with Crippen LogP contribution in [0.4, 0.5) is 4.39 Å². The van der Waals surface area contributed by atoms with Crippen molar-refractivity contribution in [3.8, 4) is 22.9 Å². The fourth-order valence-corrected chi connectivity index (χ4v) is 3.88. The zero-order valence-corrected chi connectivity index (χ0v) is 19.1. The first-order valence-corrected chi connectivity index (χ1v) is 11.0. The molecule has 0 spiro atoms. The van der Waals surface area contributed by atoms with Crippen LogP contribution in [0.25, 0.3) is 22.9 Å². The Hall–Kier alpha value is -4.59. The van der Waals surface area contributed by atoms with Crippen molar-refractivity contribution in [2.24, 2.45) is 7.05 Å². The standard InChI is InChI=1S/C27H22FN5O2/c1-17-6-3-4-9-22(17)27-32-31-26(35-27)19-12-10-18(11-13-19)25(34)30-23(24-29-14-15-33(24)2)20-7-5-8-21(28)16-20/h3-16,23H,1-2H3,(H,30,34). The Bertz CT molecular complexity index is 1490. The lowest BCUT2D eigenvalue weighted by Gasteiger charge is -2.19. The third kappa shape index (κ3) is 4.59. The van der Waals surface area contributed by atoms with Crippen LogP contribution >= 0.6 is 0 Å². The lowest BCUT2D eigenvalue weighted by molar-refractivity contribution is 0.0941. The van der Waals surface area contributed by atoms with Crippen molar-refractivity contribution in [1.82, 2.24) is 25.1 Å². The minimum absolute atomic E-state index is 0.320. The van der Waals surface area contributed by atoms with Crippen LogP contribution in [0, 0.1) is 12.7 Å². The van der Waals surface area contributed by atoms with E-state index < -0.39 is 6.04 Å². The molecule has 5 aromatic rings. The predicted octanol–water partition coefficient (Wildman–Crippen LogP) is 5.10. The molecule has 0 saturated heterocycles. The molecule has 174 valence electrons. The number of carbonyl (C=O) groups excluding carboxylic acids is 1. The molecular weight excluding hydrogens is 445 g/mol. The van der Waals surface area contributed by atoms with Crippen LogP contribution in [-0.4, -0.2) is 25.7 Å². The first kappa shape index (κ1) is 22.2. The summed E-state index contributed by atoms with van der Waals surface area (Å²) in [6.45, 7) is 1.98. The fraction of sp³-hybridized carbons (Fsp3) is 0.111. The van der Waals surface area contributed by atoms with E-state index in [0.717, 1.165) is 11.1 Å². The summed E-state index contributed by atoms with van der Waals surface area (Å²) in [5.41, 5.74) is 3.64. The van der Waals surface area contributed by atoms with E-state index >= 15 is 0 Å². The third-order valence-corrected chi connectivity index (χ3v) is 5.77. The number of aryl methyl sites for hydroxylation is 2. The van der Waals surface area contributed by atoms with Crippen molar-refractivity contribution >= 4 is 5.91 Å². The van der Waals surface area contributed by atoms with Gasteiger partial charge in [-0.2, -0.15) is 0 Å². The van der Waals surface area contributed by atoms with Crippen molar-refractivity contribution < 1.29 is 13.6 Å². The second-order valence-electron chi connectivity index (χ2n) is 8.16. The monoisotopic (exact) mass is 467 g/mol. The molecule has 0 saturated carbocycles. The summed E-state index contributed by atoms with van der Waals surface area (Å²) in [7, 11) is 1.82. The minimum Gasteiger partial charge on any atom is -0.416 e. The van der Waals surface area contributed by atoms with Crippen molar-refractivity contribution in [2.75, 3.05) is 0 Å². The second-order valence-corrected chi connectivity index (χ2v) is 8.16. The van der Waals surface area contributed by atoms with E-state index in [1.54, 1.807) is 53.4 Å². The molecule has 7 nitrogen and oxygen atoms in total. The molecule has 1 amide bonds. The number of rotatable bonds is 6. The van der Waals surface area contributed by atoms with E-state index in [1.165, 1.54) is 12.1 Å². The molecular formula is C27H22FN5O2. The smallest absolute Gasteiger partial charge is 0.252 e. The van der Waals surface area contributed by atoms with Gasteiger partial charge < -0.3 is 14.3 Å². The number of nitrogens with zero attached hydrogens (tertiary/aromatic N) is 4. The van der Waals surface area contributed by atoms with Crippen molar-refractivity contribution in [3.63, 3.8) is 0 Å². The summed E-state index contributed by atoms with van der Waals surface area (Å²) >= 11 is 0. The van der Waals surface area contributed by atoms with Gasteiger partial charge in [0, 0.05) is 36.1 Å². The van der Waals surface area contributed by atoms with Gasteiger partial charge in [-0.15, -0.1) is 10.2 Å². The number of imidazole rings is 1. The van der Waals surface area contributed by atoms with E-state index in [4.69, 9.17) is 4.42 Å². The average molecular weight is 468 g/mol. The van der Waals surface area contributed by atoms with Gasteiger partial charge in [-0.25, -0.2) is 9.37 Å². The molecule has 2 heterocycles. The Morgan fingerprint density at radius 1 is 1.00 bits per heavy atom. The number of benzene rings is 3. The van der Waals surface area contributed by atoms with Gasteiger partial charge in [-0.3, -0.25) is 4.79 Å². The first-order valence-electron chi connectivity index (χ1n) is 11.0. The molecule has 8 heteroatoms. The van der Waals surface area contributed by atoms with Gasteiger partial charge in [-0.05, 0) is 60.5 Å². The SMILES string of the molecule is Cc1ccccc1-c1nnc(-c2ccc(C(=O)NC(c3cccc(F)c3)c3nccn3C)cc2)o1. The van der Waals surface area contributed by atoms with Crippen LogP contribution in [0.15, 0.2) is 89.6 Å². The Labute approximate surface area is 201 Å². The number of aromatic nitrogens is 4. The van der Waals surface area contributed by atoms with Crippen molar-refractivity contribution in [2.45, 2.75) is 13.0 Å². The number of carbonyl (C=O) groups is 1. The van der Waals surface area contributed by atoms with E-state index in [-0.39, 0.29) is 11.7 Å². The van der Waals surface area contributed by atoms with E-state index in [1.807, 2.05) is 38.2 Å². The highest BCUT2D eigenvalue weighted by atomic mass is 19.1. The predicted molar refractivity (Wildman–Crippen MR) is 129 cm³/mol. The van der Waals surface area contributed by atoms with Gasteiger partial charge in [0.2, 0.25) is 11.8 Å². The lowest BCUT2D eigenvalue weighted by atomic mass is 10.0. The highest BCUT2D eigenvalue weighted by molar-refractivity contribution is 5.95. The second kappa shape index (κ2) is 9.34. The molecule has 35 heavy (non-hydrogen) atoms. The highest BCUT2D eigenvalue weighted by Crippen LogP contribution is 2.27. The quantitative estimate of drug-likeness (QED) is 0.375. The van der Waals surface area contributed by atoms with Gasteiger partial charge in [0.15, 0.2) is 0 Å². The van der Waals surface area contributed by atoms with Crippen LogP contribution in [0.5, 0.6) is 0 Å². The van der Waals surface area contributed by atoms with Crippen LogP contribution in [0.1, 0.15) is 33.4 Å². The topological polar surface area (TPSA) is 85.8 Å². The normalized spacial score (nSPS) is 11.9. The van der Waals surface area contributed by atoms with Gasteiger partial charge in [0.05, 0.1) is 0 Å². The molecule has 0 bridgehead atoms. The van der Waals surface area contributed by atoms with E-state index in [0.29, 0.717) is 34.3 Å². The molecule has 0 aliphatic carbocycles. The average Bonchev–Trinajstić information content (AvgIpc) is 3.52. The number of halogens is 1. The maximum absolute atomic E-state index is 13.9. The molecule has 5 rings (SSSR count). The fourth-order valence-electron chi connectivity index (χ4n) is 3.88. The summed E-state index contributed by atoms with van der Waals surface area (Å²) in [4.78, 5) is 17.5. The summed E-state index contributed by atoms with van der Waals surface area (Å²) in [5, 5.41) is 11.3. The van der Waals surface area contributed by atoms with Gasteiger partial charge >= 0.3 is 0 Å². The Kier molecular flexibility index (Phi) is 5.93. The number of nitrogens with one attached hydrogen (secondary N) is 1. The summed E-state index contributed by atoms with van der Waals surface area (Å²) in [6.07, 6.45) is 3.41. The number of hydrogen-bond donors (Lipinski definition) is 1. The largest absolute Gasteiger partial charge is 0.416 e. The van der Waals surface area contributed by atoms with Crippen LogP contribution in [0.2, 0.25) is 0 Å². The molecule has 1 N–H and O–H groups in total. The summed E-state index contributed by atoms with van der Waals surface area (Å²) < 4.78 is 21.6. The zero-order chi connectivity index (χ0) is 24.4. The van der Waals surface area contributed by atoms with Gasteiger partial charge in [-0.1, -0.05) is 30.3 Å². The van der Waals surface area contributed by atoms with E-state index in [2.05, 4.69) is 20.5 Å². The van der Waals surface area contributed by atoms with E-state index in [9.17, 15) is 9.18 Å². The lowest BCUT2D eigenvalue weighted by Crippen LogP contribution is -2.31. The molecule has 0 aliphatic rings. The minimum atomic E-state index is -0.620. The molecule has 1 unspecified atom stereocenters. The molecule has 0 fully saturated rings. The van der Waals surface area contributed by atoms with Gasteiger partial charge in [0.1, 0.15) is 17.7 Å². The number of hydrogen-bond acceptors (Lipinski definition) is 5. The Morgan fingerprint density at radius 3 is 2.49 bits per heavy atom. The van der Waals surface area contributed by atoms with Crippen molar-refractivity contribution in [1.29, 1.82) is 0 Å². The van der Waals surface area contributed by atoms with Gasteiger partial charge in [0.25, 0.3) is 5.91 Å². The van der Waals surface area contributed by atoms with Crippen LogP contribution in [0.3, 0.4) is 0 Å². The first-order chi connectivity index (χ1) is 17.0. The highest BCUT2D eigenvalue weighted by Gasteiger charge is 2.22. The maximum Gasteiger partial charge on any atom is 0.252 e. The summed E-state index contributed by atoms with van der Waals surface area (Å²) in [5.74, 6) is 0.689. The van der Waals surface area contributed by atoms with Crippen LogP contribution in [-0.2, 0) is 7.05 Å². The summed E-state index contributed by atoms with van der Waals surface area (Å²) in [6, 6.07) is 20.2. The molecule has 0 aliphatic heterocycles. The third-order valence-electron chi connectivity index (χ3n) is 5.77. The Balaban J connectivity index is 1.38. The molecule has 1 atom stereocenters. The maximum atomic E-state index is 13.9. The molecule has 0 radical (unpaired) electrons.